The number of methoxy groups -OCH3 is 1. The third-order valence-electron chi connectivity index (χ3n) is 4.45. The van der Waals surface area contributed by atoms with Crippen molar-refractivity contribution in [3.63, 3.8) is 0 Å². The summed E-state index contributed by atoms with van der Waals surface area (Å²) in [4.78, 5) is 12.6. The fourth-order valence-electron chi connectivity index (χ4n) is 3.03. The van der Waals surface area contributed by atoms with Gasteiger partial charge in [-0.2, -0.15) is 5.26 Å². The van der Waals surface area contributed by atoms with Gasteiger partial charge in [-0.3, -0.25) is 4.79 Å². The summed E-state index contributed by atoms with van der Waals surface area (Å²) in [6.45, 7) is 1.20. The van der Waals surface area contributed by atoms with Gasteiger partial charge in [-0.15, -0.1) is 0 Å². The highest BCUT2D eigenvalue weighted by Gasteiger charge is 2.17. The molecule has 0 aromatic heterocycles. The molecule has 2 aromatic rings. The molecule has 29 heavy (non-hydrogen) atoms. The number of rotatable bonds is 4. The Labute approximate surface area is 167 Å². The van der Waals surface area contributed by atoms with Crippen LogP contribution in [0, 0.1) is 11.3 Å². The second kappa shape index (κ2) is 7.98. The molecule has 0 radical (unpaired) electrons. The predicted molar refractivity (Wildman–Crippen MR) is 106 cm³/mol. The van der Waals surface area contributed by atoms with Crippen LogP contribution in [-0.4, -0.2) is 32.8 Å². The van der Waals surface area contributed by atoms with Crippen molar-refractivity contribution in [2.75, 3.05) is 32.2 Å². The molecule has 0 bridgehead atoms. The Bertz CT molecular complexity index is 1070. The number of hydrogen-bond acceptors (Lipinski definition) is 6. The number of nitrogens with one attached hydrogen (secondary N) is 1. The van der Waals surface area contributed by atoms with E-state index in [1.54, 1.807) is 31.4 Å². The summed E-state index contributed by atoms with van der Waals surface area (Å²) < 4.78 is 21.9. The number of benzene rings is 2. The van der Waals surface area contributed by atoms with Crippen LogP contribution in [0.2, 0.25) is 0 Å². The number of nitriles is 1. The summed E-state index contributed by atoms with van der Waals surface area (Å²) in [7, 11) is 1.59. The molecule has 2 aliphatic heterocycles. The second-order valence-corrected chi connectivity index (χ2v) is 6.39. The van der Waals surface area contributed by atoms with Crippen LogP contribution in [0.1, 0.15) is 5.56 Å². The van der Waals surface area contributed by atoms with Crippen LogP contribution in [0.25, 0.3) is 6.08 Å². The molecule has 2 heterocycles. The highest BCUT2D eigenvalue weighted by atomic mass is 16.6. The fourth-order valence-corrected chi connectivity index (χ4v) is 3.03. The quantitative estimate of drug-likeness (QED) is 0.636. The molecule has 2 aliphatic rings. The third-order valence-corrected chi connectivity index (χ3v) is 4.45. The number of carbonyl (C=O) groups excluding carboxylic acids is 1. The summed E-state index contributed by atoms with van der Waals surface area (Å²) in [6.07, 6.45) is 3.41. The molecular weight excluding hydrogens is 372 g/mol. The molecule has 1 N–H and O–H groups in total. The molecular formula is C22H18N2O5. The SMILES string of the molecule is COc1ccc2c(c1)OCC(/C=C(\C#N)C(=O)Nc1ccc3c(c1)OCCO3)=C2. The van der Waals surface area contributed by atoms with E-state index in [0.29, 0.717) is 41.9 Å². The Morgan fingerprint density at radius 3 is 2.72 bits per heavy atom. The Hall–Kier alpha value is -3.92. The number of anilines is 1. The first-order valence-corrected chi connectivity index (χ1v) is 9.00. The van der Waals surface area contributed by atoms with E-state index < -0.39 is 5.91 Å². The van der Waals surface area contributed by atoms with Crippen LogP contribution in [0.3, 0.4) is 0 Å². The van der Waals surface area contributed by atoms with Crippen molar-refractivity contribution in [3.05, 3.63) is 59.2 Å². The maximum atomic E-state index is 12.6. The summed E-state index contributed by atoms with van der Waals surface area (Å²) in [5, 5.41) is 12.2. The van der Waals surface area contributed by atoms with Crippen LogP contribution in [0.15, 0.2) is 53.6 Å². The van der Waals surface area contributed by atoms with Gasteiger partial charge in [0.1, 0.15) is 43.0 Å². The molecule has 0 atom stereocenters. The minimum Gasteiger partial charge on any atom is -0.497 e. The molecule has 0 saturated carbocycles. The average Bonchev–Trinajstić information content (AvgIpc) is 2.76. The molecule has 0 unspecified atom stereocenters. The lowest BCUT2D eigenvalue weighted by Crippen LogP contribution is -2.17. The van der Waals surface area contributed by atoms with E-state index in [9.17, 15) is 10.1 Å². The van der Waals surface area contributed by atoms with Gasteiger partial charge >= 0.3 is 0 Å². The normalized spacial score (nSPS) is 14.6. The van der Waals surface area contributed by atoms with E-state index in [4.69, 9.17) is 18.9 Å². The maximum absolute atomic E-state index is 12.6. The summed E-state index contributed by atoms with van der Waals surface area (Å²) >= 11 is 0. The number of ether oxygens (including phenoxy) is 4. The van der Waals surface area contributed by atoms with Gasteiger partial charge in [-0.25, -0.2) is 0 Å². The zero-order valence-electron chi connectivity index (χ0n) is 15.7. The number of nitrogens with zero attached hydrogens (tertiary/aromatic N) is 1. The van der Waals surface area contributed by atoms with Gasteiger partial charge in [-0.1, -0.05) is 0 Å². The van der Waals surface area contributed by atoms with E-state index >= 15 is 0 Å². The molecule has 4 rings (SSSR count). The van der Waals surface area contributed by atoms with Crippen molar-refractivity contribution in [3.8, 4) is 29.1 Å². The van der Waals surface area contributed by atoms with Crippen LogP contribution >= 0.6 is 0 Å². The molecule has 7 heteroatoms. The van der Waals surface area contributed by atoms with E-state index in [1.165, 1.54) is 6.08 Å². The highest BCUT2D eigenvalue weighted by Crippen LogP contribution is 2.33. The van der Waals surface area contributed by atoms with Gasteiger partial charge in [0, 0.05) is 23.4 Å². The Balaban J connectivity index is 1.52. The first-order valence-electron chi connectivity index (χ1n) is 9.00. The third kappa shape index (κ3) is 4.01. The number of fused-ring (bicyclic) bond motifs is 2. The van der Waals surface area contributed by atoms with Crippen LogP contribution in [-0.2, 0) is 4.79 Å². The van der Waals surface area contributed by atoms with Crippen molar-refractivity contribution in [2.45, 2.75) is 0 Å². The molecule has 7 nitrogen and oxygen atoms in total. The van der Waals surface area contributed by atoms with E-state index in [2.05, 4.69) is 5.32 Å². The van der Waals surface area contributed by atoms with E-state index in [-0.39, 0.29) is 12.2 Å². The van der Waals surface area contributed by atoms with Gasteiger partial charge in [0.2, 0.25) is 0 Å². The topological polar surface area (TPSA) is 89.8 Å². The predicted octanol–water partition coefficient (Wildman–Crippen LogP) is 3.33. The van der Waals surface area contributed by atoms with Crippen LogP contribution in [0.5, 0.6) is 23.0 Å². The van der Waals surface area contributed by atoms with Gasteiger partial charge in [0.15, 0.2) is 11.5 Å². The monoisotopic (exact) mass is 390 g/mol. The Morgan fingerprint density at radius 1 is 1.10 bits per heavy atom. The smallest absolute Gasteiger partial charge is 0.266 e. The number of amides is 1. The van der Waals surface area contributed by atoms with Gasteiger partial charge in [-0.05, 0) is 42.0 Å². The summed E-state index contributed by atoms with van der Waals surface area (Å²) in [6, 6.07) is 12.5. The number of hydrogen-bond donors (Lipinski definition) is 1. The van der Waals surface area contributed by atoms with Crippen molar-refractivity contribution in [1.29, 1.82) is 5.26 Å². The van der Waals surface area contributed by atoms with Crippen molar-refractivity contribution in [2.24, 2.45) is 0 Å². The molecule has 0 fully saturated rings. The largest absolute Gasteiger partial charge is 0.497 e. The lowest BCUT2D eigenvalue weighted by Gasteiger charge is -2.19. The lowest BCUT2D eigenvalue weighted by atomic mass is 10.0. The zero-order chi connectivity index (χ0) is 20.2. The minimum atomic E-state index is -0.509. The van der Waals surface area contributed by atoms with E-state index in [1.807, 2.05) is 24.3 Å². The second-order valence-electron chi connectivity index (χ2n) is 6.39. The molecule has 146 valence electrons. The number of carbonyl (C=O) groups is 1. The summed E-state index contributed by atoms with van der Waals surface area (Å²) in [5.41, 5.74) is 2.07. The fraction of sp³-hybridized carbons (Fsp3) is 0.182. The van der Waals surface area contributed by atoms with Gasteiger partial charge < -0.3 is 24.3 Å². The molecule has 0 aliphatic carbocycles. The first kappa shape index (κ1) is 18.4. The molecule has 1 amide bonds. The molecule has 2 aromatic carbocycles. The summed E-state index contributed by atoms with van der Waals surface area (Å²) in [5.74, 6) is 2.08. The minimum absolute atomic E-state index is 0.0216. The highest BCUT2D eigenvalue weighted by molar-refractivity contribution is 6.07. The van der Waals surface area contributed by atoms with Crippen molar-refractivity contribution < 1.29 is 23.7 Å². The van der Waals surface area contributed by atoms with Crippen molar-refractivity contribution >= 4 is 17.7 Å². The van der Waals surface area contributed by atoms with Crippen LogP contribution in [0.4, 0.5) is 5.69 Å². The van der Waals surface area contributed by atoms with Gasteiger partial charge in [0.25, 0.3) is 5.91 Å². The van der Waals surface area contributed by atoms with Crippen LogP contribution < -0.4 is 24.3 Å². The molecule has 0 spiro atoms. The van der Waals surface area contributed by atoms with E-state index in [0.717, 1.165) is 11.1 Å². The lowest BCUT2D eigenvalue weighted by molar-refractivity contribution is -0.112. The Kier molecular flexibility index (Phi) is 5.08. The average molecular weight is 390 g/mol. The zero-order valence-corrected chi connectivity index (χ0v) is 15.7. The van der Waals surface area contributed by atoms with Gasteiger partial charge in [0.05, 0.1) is 7.11 Å². The maximum Gasteiger partial charge on any atom is 0.266 e. The first-order chi connectivity index (χ1) is 14.2. The molecule has 0 saturated heterocycles. The standard InChI is InChI=1S/C22H18N2O5/c1-26-18-4-2-15-8-14(13-29-20(15)11-18)9-16(12-23)22(25)24-17-3-5-19-21(10-17)28-7-6-27-19/h2-5,8-11H,6-7,13H2,1H3,(H,24,25)/b16-9+. The van der Waals surface area contributed by atoms with Crippen molar-refractivity contribution in [1.82, 2.24) is 0 Å². The Morgan fingerprint density at radius 2 is 1.93 bits per heavy atom.